The summed E-state index contributed by atoms with van der Waals surface area (Å²) in [7, 11) is 0. The third-order valence-corrected chi connectivity index (χ3v) is 5.48. The van der Waals surface area contributed by atoms with E-state index in [-0.39, 0.29) is 11.8 Å². The number of hydrogen-bond acceptors (Lipinski definition) is 4. The Morgan fingerprint density at radius 1 is 1.03 bits per heavy atom. The van der Waals surface area contributed by atoms with Gasteiger partial charge in [-0.15, -0.1) is 0 Å². The number of hydrogen-bond donors (Lipinski definition) is 3. The predicted octanol–water partition coefficient (Wildman–Crippen LogP) is 5.00. The van der Waals surface area contributed by atoms with Crippen molar-refractivity contribution in [2.45, 2.75) is 26.8 Å². The minimum Gasteiger partial charge on any atom is -0.323 e. The summed E-state index contributed by atoms with van der Waals surface area (Å²) < 4.78 is 1.67. The first-order valence-electron chi connectivity index (χ1n) is 10.4. The van der Waals surface area contributed by atoms with Crippen LogP contribution in [0.4, 0.5) is 11.4 Å². The summed E-state index contributed by atoms with van der Waals surface area (Å²) in [4.78, 5) is 25.3. The smallest absolute Gasteiger partial charge is 0.273 e. The summed E-state index contributed by atoms with van der Waals surface area (Å²) in [5.74, 6) is -0.596. The van der Waals surface area contributed by atoms with Crippen molar-refractivity contribution in [3.63, 3.8) is 0 Å². The van der Waals surface area contributed by atoms with E-state index < -0.39 is 6.04 Å². The van der Waals surface area contributed by atoms with Gasteiger partial charge in [0.05, 0.1) is 22.1 Å². The summed E-state index contributed by atoms with van der Waals surface area (Å²) in [6.07, 6.45) is 0. The fourth-order valence-corrected chi connectivity index (χ4v) is 3.70. The molecule has 0 radical (unpaired) electrons. The average Bonchev–Trinajstić information content (AvgIpc) is 3.42. The zero-order valence-electron chi connectivity index (χ0n) is 18.4. The number of H-pyrrole nitrogens is 1. The summed E-state index contributed by atoms with van der Waals surface area (Å²) in [5, 5.41) is 17.2. The van der Waals surface area contributed by atoms with E-state index in [1.54, 1.807) is 35.9 Å². The fraction of sp³-hybridized carbons (Fsp3) is 0.167. The highest BCUT2D eigenvalue weighted by Crippen LogP contribution is 2.27. The highest BCUT2D eigenvalue weighted by Gasteiger charge is 2.19. The van der Waals surface area contributed by atoms with Gasteiger partial charge in [0.25, 0.3) is 5.91 Å². The highest BCUT2D eigenvalue weighted by atomic mass is 35.5. The van der Waals surface area contributed by atoms with Crippen molar-refractivity contribution >= 4 is 34.8 Å². The second-order valence-corrected chi connectivity index (χ2v) is 8.13. The minimum absolute atomic E-state index is 0.245. The van der Waals surface area contributed by atoms with Gasteiger partial charge in [0.1, 0.15) is 11.7 Å². The number of anilines is 2. The molecular weight excluding hydrogens is 440 g/mol. The van der Waals surface area contributed by atoms with Crippen LogP contribution in [0.2, 0.25) is 5.02 Å². The molecule has 0 aliphatic heterocycles. The van der Waals surface area contributed by atoms with E-state index in [4.69, 9.17) is 11.6 Å². The molecule has 168 valence electrons. The van der Waals surface area contributed by atoms with Gasteiger partial charge in [-0.25, -0.2) is 0 Å². The van der Waals surface area contributed by atoms with E-state index in [9.17, 15) is 9.59 Å². The van der Waals surface area contributed by atoms with E-state index in [0.29, 0.717) is 27.8 Å². The Hall–Kier alpha value is -3.91. The number of benzene rings is 2. The van der Waals surface area contributed by atoms with E-state index in [1.165, 1.54) is 0 Å². The molecule has 9 heteroatoms. The zero-order chi connectivity index (χ0) is 23.5. The molecule has 33 heavy (non-hydrogen) atoms. The number of nitrogens with zero attached hydrogens (tertiary/aromatic N) is 3. The largest absolute Gasteiger partial charge is 0.323 e. The van der Waals surface area contributed by atoms with Crippen molar-refractivity contribution in [1.29, 1.82) is 0 Å². The fourth-order valence-electron chi connectivity index (χ4n) is 3.47. The third-order valence-electron chi connectivity index (χ3n) is 5.17. The molecule has 3 N–H and O–H groups in total. The van der Waals surface area contributed by atoms with Crippen molar-refractivity contribution in [2.24, 2.45) is 0 Å². The average molecular weight is 463 g/mol. The molecule has 0 saturated heterocycles. The van der Waals surface area contributed by atoms with E-state index in [2.05, 4.69) is 25.9 Å². The summed E-state index contributed by atoms with van der Waals surface area (Å²) in [6.45, 7) is 5.55. The van der Waals surface area contributed by atoms with Gasteiger partial charge in [-0.2, -0.15) is 10.2 Å². The van der Waals surface area contributed by atoms with Crippen LogP contribution in [0, 0.1) is 13.8 Å². The van der Waals surface area contributed by atoms with Gasteiger partial charge >= 0.3 is 0 Å². The maximum absolute atomic E-state index is 12.7. The number of rotatable bonds is 6. The number of carbonyl (C=O) groups excluding carboxylic acids is 2. The lowest BCUT2D eigenvalue weighted by molar-refractivity contribution is -0.119. The number of amides is 2. The Balaban J connectivity index is 1.42. The molecule has 0 spiro atoms. The van der Waals surface area contributed by atoms with Crippen LogP contribution < -0.4 is 10.6 Å². The van der Waals surface area contributed by atoms with Crippen molar-refractivity contribution in [3.05, 3.63) is 82.8 Å². The molecule has 8 nitrogen and oxygen atoms in total. The van der Waals surface area contributed by atoms with Crippen LogP contribution in [-0.2, 0) is 4.79 Å². The molecule has 0 bridgehead atoms. The van der Waals surface area contributed by atoms with Crippen molar-refractivity contribution in [1.82, 2.24) is 20.0 Å². The summed E-state index contributed by atoms with van der Waals surface area (Å²) in [5.41, 5.74) is 4.58. The third kappa shape index (κ3) is 4.96. The first kappa shape index (κ1) is 22.3. The number of nitrogens with one attached hydrogen (secondary N) is 3. The monoisotopic (exact) mass is 462 g/mol. The number of halogens is 1. The van der Waals surface area contributed by atoms with Crippen LogP contribution in [0.1, 0.15) is 34.8 Å². The van der Waals surface area contributed by atoms with E-state index >= 15 is 0 Å². The van der Waals surface area contributed by atoms with Crippen LogP contribution in [-0.4, -0.2) is 31.8 Å². The van der Waals surface area contributed by atoms with E-state index in [0.717, 1.165) is 17.0 Å². The van der Waals surface area contributed by atoms with Crippen LogP contribution in [0.5, 0.6) is 0 Å². The van der Waals surface area contributed by atoms with Crippen LogP contribution >= 0.6 is 11.6 Å². The molecule has 0 fully saturated rings. The molecule has 4 aromatic rings. The van der Waals surface area contributed by atoms with Gasteiger partial charge in [0, 0.05) is 16.9 Å². The Kier molecular flexibility index (Phi) is 6.28. The van der Waals surface area contributed by atoms with Gasteiger partial charge in [0.15, 0.2) is 0 Å². The number of aromatic nitrogens is 4. The van der Waals surface area contributed by atoms with E-state index in [1.807, 2.05) is 50.2 Å². The Labute approximate surface area is 196 Å². The second-order valence-electron chi connectivity index (χ2n) is 7.72. The molecule has 1 unspecified atom stereocenters. The normalized spacial score (nSPS) is 11.8. The molecule has 4 rings (SSSR count). The Morgan fingerprint density at radius 2 is 1.79 bits per heavy atom. The number of aryl methyl sites for hydroxylation is 2. The molecule has 0 aliphatic rings. The van der Waals surface area contributed by atoms with Gasteiger partial charge < -0.3 is 10.6 Å². The van der Waals surface area contributed by atoms with Crippen LogP contribution in [0.15, 0.2) is 60.7 Å². The molecule has 2 aromatic heterocycles. The highest BCUT2D eigenvalue weighted by molar-refractivity contribution is 6.34. The predicted molar refractivity (Wildman–Crippen MR) is 128 cm³/mol. The lowest BCUT2D eigenvalue weighted by Crippen LogP contribution is -2.25. The van der Waals surface area contributed by atoms with Gasteiger partial charge in [-0.1, -0.05) is 41.9 Å². The van der Waals surface area contributed by atoms with Gasteiger partial charge in [0.2, 0.25) is 5.91 Å². The van der Waals surface area contributed by atoms with Crippen molar-refractivity contribution in [3.8, 4) is 11.3 Å². The lowest BCUT2D eigenvalue weighted by atomic mass is 10.1. The molecule has 0 saturated carbocycles. The molecule has 2 heterocycles. The van der Waals surface area contributed by atoms with Gasteiger partial charge in [-0.3, -0.25) is 19.4 Å². The summed E-state index contributed by atoms with van der Waals surface area (Å²) >= 11 is 6.36. The molecule has 2 aromatic carbocycles. The quantitative estimate of drug-likeness (QED) is 0.375. The van der Waals surface area contributed by atoms with Crippen molar-refractivity contribution < 1.29 is 9.59 Å². The minimum atomic E-state index is -0.506. The first-order valence-corrected chi connectivity index (χ1v) is 10.7. The Morgan fingerprint density at radius 3 is 2.45 bits per heavy atom. The van der Waals surface area contributed by atoms with Crippen LogP contribution in [0.3, 0.4) is 0 Å². The van der Waals surface area contributed by atoms with Gasteiger partial charge in [-0.05, 0) is 51.1 Å². The topological polar surface area (TPSA) is 105 Å². The lowest BCUT2D eigenvalue weighted by Gasteiger charge is -2.15. The van der Waals surface area contributed by atoms with Crippen molar-refractivity contribution in [2.75, 3.05) is 10.6 Å². The second kappa shape index (κ2) is 9.30. The molecule has 2 amide bonds. The molecule has 1 atom stereocenters. The standard InChI is InChI=1S/C24H23ClN6O2/c1-14-11-15(2)31(30-14)16(3)23(32)27-20-10-9-18(12-19(20)25)26-24(33)22-13-21(28-29-22)17-7-5-4-6-8-17/h4-13,16H,1-3H3,(H,26,33)(H,27,32)(H,28,29). The SMILES string of the molecule is Cc1cc(C)n(C(C)C(=O)Nc2ccc(NC(=O)c3cc(-c4ccccc4)n[nH]3)cc2Cl)n1. The molecule has 0 aliphatic carbocycles. The Bertz CT molecular complexity index is 1310. The number of aromatic amines is 1. The van der Waals surface area contributed by atoms with Crippen LogP contribution in [0.25, 0.3) is 11.3 Å². The number of carbonyl (C=O) groups is 2. The maximum atomic E-state index is 12.7. The zero-order valence-corrected chi connectivity index (χ0v) is 19.1. The molecular formula is C24H23ClN6O2. The maximum Gasteiger partial charge on any atom is 0.273 e. The summed E-state index contributed by atoms with van der Waals surface area (Å²) in [6, 6.07) is 17.5. The first-order chi connectivity index (χ1) is 15.8.